The lowest BCUT2D eigenvalue weighted by Crippen LogP contribution is -2.23. The van der Waals surface area contributed by atoms with E-state index in [2.05, 4.69) is 22.1 Å². The number of rotatable bonds is 4. The van der Waals surface area contributed by atoms with Crippen LogP contribution in [0.4, 0.5) is 0 Å². The van der Waals surface area contributed by atoms with Crippen LogP contribution >= 0.6 is 0 Å². The van der Waals surface area contributed by atoms with E-state index >= 15 is 0 Å². The van der Waals surface area contributed by atoms with Gasteiger partial charge < -0.3 is 5.11 Å². The molecule has 2 heterocycles. The summed E-state index contributed by atoms with van der Waals surface area (Å²) >= 11 is 0. The molecule has 0 bridgehead atoms. The Labute approximate surface area is 123 Å². The minimum Gasteiger partial charge on any atom is -0.481 e. The second-order valence-corrected chi connectivity index (χ2v) is 5.65. The van der Waals surface area contributed by atoms with Gasteiger partial charge in [0.15, 0.2) is 0 Å². The minimum absolute atomic E-state index is 0.0348. The number of aryl methyl sites for hydroxylation is 1. The maximum Gasteiger partial charge on any atom is 0.308 e. The summed E-state index contributed by atoms with van der Waals surface area (Å²) in [5, 5.41) is 13.9. The van der Waals surface area contributed by atoms with E-state index in [1.165, 1.54) is 5.56 Å². The van der Waals surface area contributed by atoms with Crippen LogP contribution in [0.2, 0.25) is 0 Å². The van der Waals surface area contributed by atoms with Gasteiger partial charge in [0.25, 0.3) is 0 Å². The quantitative estimate of drug-likeness (QED) is 0.929. The summed E-state index contributed by atoms with van der Waals surface area (Å²) < 4.78 is 1.73. The van der Waals surface area contributed by atoms with Crippen molar-refractivity contribution in [2.24, 2.45) is 13.0 Å². The topological polar surface area (TPSA) is 58.4 Å². The molecule has 5 heteroatoms. The summed E-state index contributed by atoms with van der Waals surface area (Å²) in [6.45, 7) is 2.10. The lowest BCUT2D eigenvalue weighted by Gasteiger charge is -2.15. The van der Waals surface area contributed by atoms with Gasteiger partial charge in [-0.2, -0.15) is 5.10 Å². The Bertz CT molecular complexity index is 623. The number of carboxylic acids is 1. The van der Waals surface area contributed by atoms with Crippen molar-refractivity contribution in [1.82, 2.24) is 14.7 Å². The van der Waals surface area contributed by atoms with Crippen molar-refractivity contribution in [3.63, 3.8) is 0 Å². The third kappa shape index (κ3) is 2.97. The number of aliphatic carboxylic acids is 1. The van der Waals surface area contributed by atoms with Crippen molar-refractivity contribution < 1.29 is 9.90 Å². The highest BCUT2D eigenvalue weighted by Crippen LogP contribution is 2.32. The smallest absolute Gasteiger partial charge is 0.308 e. The van der Waals surface area contributed by atoms with Crippen molar-refractivity contribution in [1.29, 1.82) is 0 Å². The van der Waals surface area contributed by atoms with E-state index in [1.807, 2.05) is 37.5 Å². The first-order chi connectivity index (χ1) is 10.1. The van der Waals surface area contributed by atoms with E-state index < -0.39 is 5.97 Å². The number of benzene rings is 1. The molecule has 3 rings (SSSR count). The summed E-state index contributed by atoms with van der Waals surface area (Å²) in [7, 11) is 1.86. The molecule has 1 N–H and O–H groups in total. The molecule has 0 amide bonds. The molecule has 2 atom stereocenters. The average Bonchev–Trinajstić information content (AvgIpc) is 3.06. The van der Waals surface area contributed by atoms with Gasteiger partial charge in [-0.25, -0.2) is 0 Å². The fourth-order valence-electron chi connectivity index (χ4n) is 3.04. The highest BCUT2D eigenvalue weighted by Gasteiger charge is 2.39. The number of hydrogen-bond donors (Lipinski definition) is 1. The van der Waals surface area contributed by atoms with Crippen molar-refractivity contribution >= 4 is 5.97 Å². The second kappa shape index (κ2) is 5.69. The van der Waals surface area contributed by atoms with E-state index in [4.69, 9.17) is 0 Å². The van der Waals surface area contributed by atoms with Gasteiger partial charge in [0, 0.05) is 38.8 Å². The largest absolute Gasteiger partial charge is 0.481 e. The number of likely N-dealkylation sites (tertiary alicyclic amines) is 1. The predicted octanol–water partition coefficient (Wildman–Crippen LogP) is 1.72. The molecular formula is C16H19N3O2. The van der Waals surface area contributed by atoms with Crippen molar-refractivity contribution in [3.8, 4) is 0 Å². The monoisotopic (exact) mass is 285 g/mol. The van der Waals surface area contributed by atoms with Crippen LogP contribution in [-0.2, 0) is 18.4 Å². The molecule has 1 fully saturated rings. The Morgan fingerprint density at radius 1 is 1.29 bits per heavy atom. The maximum atomic E-state index is 11.5. The molecule has 5 nitrogen and oxygen atoms in total. The Morgan fingerprint density at radius 3 is 2.67 bits per heavy atom. The van der Waals surface area contributed by atoms with Crippen molar-refractivity contribution in [2.45, 2.75) is 12.5 Å². The molecule has 0 spiro atoms. The lowest BCUT2D eigenvalue weighted by atomic mass is 9.93. The van der Waals surface area contributed by atoms with Gasteiger partial charge in [-0.05, 0) is 11.6 Å². The molecular weight excluding hydrogens is 266 g/mol. The van der Waals surface area contributed by atoms with Crippen LogP contribution in [0.15, 0.2) is 42.6 Å². The minimum atomic E-state index is -0.735. The summed E-state index contributed by atoms with van der Waals surface area (Å²) in [5.41, 5.74) is 2.09. The van der Waals surface area contributed by atoms with E-state index in [0.29, 0.717) is 6.54 Å². The van der Waals surface area contributed by atoms with Crippen molar-refractivity contribution in [2.75, 3.05) is 13.1 Å². The van der Waals surface area contributed by atoms with Gasteiger partial charge in [-0.3, -0.25) is 14.4 Å². The summed E-state index contributed by atoms with van der Waals surface area (Å²) in [5.74, 6) is -1.16. The summed E-state index contributed by atoms with van der Waals surface area (Å²) in [4.78, 5) is 13.7. The first kappa shape index (κ1) is 13.8. The van der Waals surface area contributed by atoms with Crippen LogP contribution in [-0.4, -0.2) is 38.8 Å². The van der Waals surface area contributed by atoms with Gasteiger partial charge >= 0.3 is 5.97 Å². The normalized spacial score (nSPS) is 22.5. The number of carbonyl (C=O) groups is 1. The predicted molar refractivity (Wildman–Crippen MR) is 78.8 cm³/mol. The number of nitrogens with zero attached hydrogens (tertiary/aromatic N) is 3. The Hall–Kier alpha value is -2.14. The Morgan fingerprint density at radius 2 is 2.05 bits per heavy atom. The first-order valence-electron chi connectivity index (χ1n) is 7.12. The molecule has 0 aliphatic carbocycles. The summed E-state index contributed by atoms with van der Waals surface area (Å²) in [6, 6.07) is 12.1. The van der Waals surface area contributed by atoms with Crippen LogP contribution in [0, 0.1) is 5.92 Å². The molecule has 21 heavy (non-hydrogen) atoms. The van der Waals surface area contributed by atoms with Gasteiger partial charge in [-0.15, -0.1) is 0 Å². The SMILES string of the molecule is Cn1ccc([C@@H]2CN(Cc3ccccc3)C[C@@H]2C(=O)O)n1. The van der Waals surface area contributed by atoms with Gasteiger partial charge in [0.2, 0.25) is 0 Å². The van der Waals surface area contributed by atoms with E-state index in [0.717, 1.165) is 18.8 Å². The third-order valence-corrected chi connectivity index (χ3v) is 4.08. The van der Waals surface area contributed by atoms with Gasteiger partial charge in [0.1, 0.15) is 0 Å². The molecule has 0 radical (unpaired) electrons. The van der Waals surface area contributed by atoms with E-state index in [1.54, 1.807) is 4.68 Å². The molecule has 0 unspecified atom stereocenters. The standard InChI is InChI=1S/C16H19N3O2/c1-18-8-7-15(17-18)13-10-19(11-14(13)16(20)21)9-12-5-3-2-4-6-12/h2-8,13-14H,9-11H2,1H3,(H,20,21)/t13-,14+/m1/s1. The van der Waals surface area contributed by atoms with Gasteiger partial charge in [0.05, 0.1) is 11.6 Å². The zero-order valence-corrected chi connectivity index (χ0v) is 12.0. The fourth-order valence-corrected chi connectivity index (χ4v) is 3.04. The first-order valence-corrected chi connectivity index (χ1v) is 7.12. The van der Waals surface area contributed by atoms with Crippen LogP contribution in [0.5, 0.6) is 0 Å². The van der Waals surface area contributed by atoms with E-state index in [9.17, 15) is 9.90 Å². The van der Waals surface area contributed by atoms with Crippen LogP contribution < -0.4 is 0 Å². The second-order valence-electron chi connectivity index (χ2n) is 5.65. The molecule has 1 aliphatic rings. The number of carboxylic acid groups (broad SMARTS) is 1. The third-order valence-electron chi connectivity index (χ3n) is 4.08. The van der Waals surface area contributed by atoms with E-state index in [-0.39, 0.29) is 11.8 Å². The maximum absolute atomic E-state index is 11.5. The molecule has 110 valence electrons. The highest BCUT2D eigenvalue weighted by atomic mass is 16.4. The number of hydrogen-bond acceptors (Lipinski definition) is 3. The Balaban J connectivity index is 1.76. The molecule has 1 aromatic heterocycles. The highest BCUT2D eigenvalue weighted by molar-refractivity contribution is 5.72. The van der Waals surface area contributed by atoms with Crippen LogP contribution in [0.25, 0.3) is 0 Å². The average molecular weight is 285 g/mol. The molecule has 0 saturated carbocycles. The lowest BCUT2D eigenvalue weighted by molar-refractivity contribution is -0.141. The van der Waals surface area contributed by atoms with Crippen molar-refractivity contribution in [3.05, 3.63) is 53.9 Å². The molecule has 1 saturated heterocycles. The molecule has 2 aromatic rings. The van der Waals surface area contributed by atoms with Crippen LogP contribution in [0.3, 0.4) is 0 Å². The van der Waals surface area contributed by atoms with Gasteiger partial charge in [-0.1, -0.05) is 30.3 Å². The van der Waals surface area contributed by atoms with Crippen LogP contribution in [0.1, 0.15) is 17.2 Å². The zero-order valence-electron chi connectivity index (χ0n) is 12.0. The molecule has 1 aromatic carbocycles. The zero-order chi connectivity index (χ0) is 14.8. The molecule has 1 aliphatic heterocycles. The fraction of sp³-hybridized carbons (Fsp3) is 0.375. The Kier molecular flexibility index (Phi) is 3.75. The number of aromatic nitrogens is 2. The summed E-state index contributed by atoms with van der Waals surface area (Å²) in [6.07, 6.45) is 1.87.